The Kier molecular flexibility index (Phi) is 4.10. The van der Waals surface area contributed by atoms with Crippen LogP contribution in [0.4, 0.5) is 24.5 Å². The van der Waals surface area contributed by atoms with Gasteiger partial charge in [0.25, 0.3) is 5.56 Å². The lowest BCUT2D eigenvalue weighted by Crippen LogP contribution is -2.18. The number of anilines is 2. The summed E-state index contributed by atoms with van der Waals surface area (Å²) < 4.78 is 41.2. The molecular formula is C18H13F3N6O. The number of hydrogen-bond acceptors (Lipinski definition) is 5. The van der Waals surface area contributed by atoms with Crippen LogP contribution in [0.15, 0.2) is 60.0 Å². The second-order valence-corrected chi connectivity index (χ2v) is 6.03. The Bertz CT molecular complexity index is 1200. The molecule has 4 aromatic rings. The van der Waals surface area contributed by atoms with Crippen molar-refractivity contribution in [3.05, 3.63) is 71.2 Å². The van der Waals surface area contributed by atoms with Gasteiger partial charge in [-0.25, -0.2) is 15.0 Å². The molecule has 3 aromatic heterocycles. The number of pyridine rings is 1. The smallest absolute Gasteiger partial charge is 0.354 e. The van der Waals surface area contributed by atoms with E-state index in [1.807, 2.05) is 0 Å². The molecule has 1 N–H and O–H groups in total. The largest absolute Gasteiger partial charge is 0.416 e. The van der Waals surface area contributed by atoms with E-state index in [-0.39, 0.29) is 5.56 Å². The fourth-order valence-electron chi connectivity index (χ4n) is 2.71. The molecule has 1 aromatic carbocycles. The molecule has 4 rings (SSSR count). The highest BCUT2D eigenvalue weighted by molar-refractivity contribution is 5.89. The van der Waals surface area contributed by atoms with Crippen LogP contribution in [0.25, 0.3) is 17.0 Å². The van der Waals surface area contributed by atoms with Gasteiger partial charge in [0, 0.05) is 31.2 Å². The van der Waals surface area contributed by atoms with Crippen LogP contribution in [0.1, 0.15) is 5.56 Å². The zero-order valence-corrected chi connectivity index (χ0v) is 14.5. The third-order valence-corrected chi connectivity index (χ3v) is 4.20. The van der Waals surface area contributed by atoms with Crippen LogP contribution in [0.2, 0.25) is 0 Å². The first-order chi connectivity index (χ1) is 13.3. The van der Waals surface area contributed by atoms with E-state index >= 15 is 0 Å². The lowest BCUT2D eigenvalue weighted by Gasteiger charge is -2.13. The molecule has 0 aliphatic rings. The maximum Gasteiger partial charge on any atom is 0.416 e. The summed E-state index contributed by atoms with van der Waals surface area (Å²) in [5, 5.41) is 2.97. The molecule has 0 aliphatic heterocycles. The first kappa shape index (κ1) is 17.7. The highest BCUT2D eigenvalue weighted by Gasteiger charge is 2.29. The summed E-state index contributed by atoms with van der Waals surface area (Å²) in [6, 6.07) is 5.87. The van der Waals surface area contributed by atoms with Gasteiger partial charge in [0.15, 0.2) is 0 Å². The number of rotatable bonds is 3. The lowest BCUT2D eigenvalue weighted by atomic mass is 10.2. The fraction of sp³-hybridized carbons (Fsp3) is 0.111. The van der Waals surface area contributed by atoms with E-state index < -0.39 is 11.7 Å². The summed E-state index contributed by atoms with van der Waals surface area (Å²) in [5.74, 6) is 0.346. The maximum atomic E-state index is 12.7. The zero-order valence-electron chi connectivity index (χ0n) is 14.5. The molecule has 3 heterocycles. The molecule has 0 saturated carbocycles. The molecular weight excluding hydrogens is 373 g/mol. The zero-order chi connectivity index (χ0) is 19.9. The topological polar surface area (TPSA) is 77.6 Å². The second kappa shape index (κ2) is 6.48. The molecule has 0 saturated heterocycles. The molecule has 0 bridgehead atoms. The normalized spacial score (nSPS) is 11.7. The van der Waals surface area contributed by atoms with E-state index in [9.17, 15) is 18.0 Å². The Morgan fingerprint density at radius 2 is 1.89 bits per heavy atom. The van der Waals surface area contributed by atoms with Crippen molar-refractivity contribution in [1.82, 2.24) is 24.1 Å². The first-order valence-corrected chi connectivity index (χ1v) is 8.12. The summed E-state index contributed by atoms with van der Waals surface area (Å²) in [4.78, 5) is 24.9. The maximum absolute atomic E-state index is 12.7. The standard InChI is InChI=1S/C18H13F3N6O/c1-26-14-9-23-17(27-7-6-22-10-27)25-16(14)13(8-15(26)28)24-12-4-2-11(3-5-12)18(19,20)21/h2-10,24H,1H3. The van der Waals surface area contributed by atoms with Crippen LogP contribution < -0.4 is 10.9 Å². The lowest BCUT2D eigenvalue weighted by molar-refractivity contribution is -0.137. The fourth-order valence-corrected chi connectivity index (χ4v) is 2.71. The van der Waals surface area contributed by atoms with Crippen molar-refractivity contribution in [3.8, 4) is 5.95 Å². The van der Waals surface area contributed by atoms with E-state index in [1.165, 1.54) is 35.3 Å². The molecule has 10 heteroatoms. The Morgan fingerprint density at radius 1 is 1.14 bits per heavy atom. The summed E-state index contributed by atoms with van der Waals surface area (Å²) >= 11 is 0. The number of imidazole rings is 1. The van der Waals surface area contributed by atoms with Gasteiger partial charge < -0.3 is 9.88 Å². The number of benzene rings is 1. The number of fused-ring (bicyclic) bond motifs is 1. The molecule has 0 spiro atoms. The number of alkyl halides is 3. The monoisotopic (exact) mass is 386 g/mol. The van der Waals surface area contributed by atoms with Crippen LogP contribution in [-0.2, 0) is 13.2 Å². The van der Waals surface area contributed by atoms with Crippen molar-refractivity contribution in [2.24, 2.45) is 7.05 Å². The highest BCUT2D eigenvalue weighted by atomic mass is 19.4. The van der Waals surface area contributed by atoms with E-state index in [0.29, 0.717) is 28.4 Å². The molecule has 0 fully saturated rings. The summed E-state index contributed by atoms with van der Waals surface area (Å²) in [7, 11) is 1.59. The van der Waals surface area contributed by atoms with Crippen molar-refractivity contribution in [2.45, 2.75) is 6.18 Å². The molecule has 0 radical (unpaired) electrons. The molecule has 28 heavy (non-hydrogen) atoms. The first-order valence-electron chi connectivity index (χ1n) is 8.12. The van der Waals surface area contributed by atoms with Crippen molar-refractivity contribution < 1.29 is 13.2 Å². The van der Waals surface area contributed by atoms with Gasteiger partial charge in [0.1, 0.15) is 11.8 Å². The minimum atomic E-state index is -4.42. The van der Waals surface area contributed by atoms with E-state index in [2.05, 4.69) is 20.3 Å². The van der Waals surface area contributed by atoms with Crippen molar-refractivity contribution in [1.29, 1.82) is 0 Å². The van der Waals surface area contributed by atoms with Gasteiger partial charge >= 0.3 is 6.18 Å². The van der Waals surface area contributed by atoms with Crippen LogP contribution in [-0.4, -0.2) is 24.1 Å². The molecule has 0 aliphatic carbocycles. The quantitative estimate of drug-likeness (QED) is 0.585. The van der Waals surface area contributed by atoms with Crippen LogP contribution in [0.5, 0.6) is 0 Å². The van der Waals surface area contributed by atoms with Gasteiger partial charge in [-0.1, -0.05) is 0 Å². The van der Waals surface area contributed by atoms with Gasteiger partial charge in [0.2, 0.25) is 5.95 Å². The molecule has 0 amide bonds. The number of aryl methyl sites for hydroxylation is 1. The van der Waals surface area contributed by atoms with Crippen molar-refractivity contribution in [2.75, 3.05) is 5.32 Å². The molecule has 7 nitrogen and oxygen atoms in total. The molecule has 142 valence electrons. The number of aromatic nitrogens is 5. The average molecular weight is 386 g/mol. The summed E-state index contributed by atoms with van der Waals surface area (Å²) in [6.45, 7) is 0. The Balaban J connectivity index is 1.80. The minimum Gasteiger partial charge on any atom is -0.354 e. The van der Waals surface area contributed by atoms with Gasteiger partial charge in [-0.3, -0.25) is 9.36 Å². The van der Waals surface area contributed by atoms with E-state index in [0.717, 1.165) is 12.1 Å². The van der Waals surface area contributed by atoms with Gasteiger partial charge in [-0.2, -0.15) is 13.2 Å². The molecule has 0 atom stereocenters. The number of hydrogen-bond donors (Lipinski definition) is 1. The van der Waals surface area contributed by atoms with Crippen molar-refractivity contribution in [3.63, 3.8) is 0 Å². The van der Waals surface area contributed by atoms with E-state index in [1.54, 1.807) is 24.0 Å². The Hall–Kier alpha value is -3.69. The van der Waals surface area contributed by atoms with E-state index in [4.69, 9.17) is 0 Å². The predicted octanol–water partition coefficient (Wildman–Crippen LogP) is 3.28. The van der Waals surface area contributed by atoms with Crippen LogP contribution >= 0.6 is 0 Å². The van der Waals surface area contributed by atoms with Gasteiger partial charge in [-0.15, -0.1) is 0 Å². The predicted molar refractivity (Wildman–Crippen MR) is 96.6 cm³/mol. The third kappa shape index (κ3) is 3.20. The highest BCUT2D eigenvalue weighted by Crippen LogP contribution is 2.31. The Morgan fingerprint density at radius 3 is 2.54 bits per heavy atom. The average Bonchev–Trinajstić information content (AvgIpc) is 3.20. The number of halogens is 3. The molecule has 0 unspecified atom stereocenters. The Labute approximate surface area is 156 Å². The van der Waals surface area contributed by atoms with Crippen molar-refractivity contribution >= 4 is 22.4 Å². The SMILES string of the molecule is Cn1c(=O)cc(Nc2ccc(C(F)(F)F)cc2)c2nc(-n3ccnc3)ncc21. The van der Waals surface area contributed by atoms with Gasteiger partial charge in [0.05, 0.1) is 23.0 Å². The summed E-state index contributed by atoms with van der Waals surface area (Å²) in [5.41, 5.74) is 0.621. The number of nitrogens with one attached hydrogen (secondary N) is 1. The van der Waals surface area contributed by atoms with Gasteiger partial charge in [-0.05, 0) is 24.3 Å². The second-order valence-electron chi connectivity index (χ2n) is 6.03. The van der Waals surface area contributed by atoms with Crippen LogP contribution in [0, 0.1) is 0 Å². The number of nitrogens with zero attached hydrogens (tertiary/aromatic N) is 5. The van der Waals surface area contributed by atoms with Crippen LogP contribution in [0.3, 0.4) is 0 Å². The third-order valence-electron chi connectivity index (χ3n) is 4.20. The summed E-state index contributed by atoms with van der Waals surface area (Å²) in [6.07, 6.45) is 1.88. The minimum absolute atomic E-state index is 0.305.